The van der Waals surface area contributed by atoms with Crippen molar-refractivity contribution in [3.8, 4) is 0 Å². The summed E-state index contributed by atoms with van der Waals surface area (Å²) in [7, 11) is 0. The Morgan fingerprint density at radius 3 is 2.52 bits per heavy atom. The zero-order chi connectivity index (χ0) is 17.8. The third kappa shape index (κ3) is 4.07. The van der Waals surface area contributed by atoms with Crippen molar-refractivity contribution in [1.82, 2.24) is 14.9 Å². The molecule has 0 atom stereocenters. The minimum absolute atomic E-state index is 0.433. The minimum Gasteiger partial charge on any atom is -0.342 e. The molecule has 3 rings (SSSR count). The summed E-state index contributed by atoms with van der Waals surface area (Å²) in [6, 6.07) is 10.3. The van der Waals surface area contributed by atoms with Gasteiger partial charge in [0.05, 0.1) is 0 Å². The molecular formula is C19H25N5O. The molecular weight excluding hydrogens is 314 g/mol. The van der Waals surface area contributed by atoms with Gasteiger partial charge in [-0.25, -0.2) is 4.98 Å². The number of aromatic nitrogens is 2. The molecule has 1 N–H and O–H groups in total. The van der Waals surface area contributed by atoms with Gasteiger partial charge in [-0.1, -0.05) is 32.0 Å². The summed E-state index contributed by atoms with van der Waals surface area (Å²) in [6.07, 6.45) is 0.907. The fraction of sp³-hybridized carbons (Fsp3) is 0.421. The molecule has 6 nitrogen and oxygen atoms in total. The first kappa shape index (κ1) is 17.2. The molecule has 1 aliphatic heterocycles. The van der Waals surface area contributed by atoms with E-state index in [1.165, 1.54) is 5.56 Å². The molecule has 25 heavy (non-hydrogen) atoms. The number of nitrogens with zero attached hydrogens (tertiary/aromatic N) is 4. The lowest BCUT2D eigenvalue weighted by Gasteiger charge is -2.32. The maximum absolute atomic E-state index is 10.9. The Balaban J connectivity index is 1.82. The minimum atomic E-state index is 0.433. The van der Waals surface area contributed by atoms with Crippen LogP contribution in [-0.2, 0) is 4.79 Å². The van der Waals surface area contributed by atoms with Gasteiger partial charge in [0.15, 0.2) is 0 Å². The highest BCUT2D eigenvalue weighted by molar-refractivity contribution is 5.62. The van der Waals surface area contributed by atoms with Crippen molar-refractivity contribution >= 4 is 23.9 Å². The van der Waals surface area contributed by atoms with Gasteiger partial charge in [-0.05, 0) is 24.5 Å². The van der Waals surface area contributed by atoms with Gasteiger partial charge in [-0.2, -0.15) is 4.98 Å². The molecule has 6 heteroatoms. The molecule has 132 valence electrons. The van der Waals surface area contributed by atoms with Gasteiger partial charge in [-0.3, -0.25) is 4.79 Å². The molecule has 1 amide bonds. The van der Waals surface area contributed by atoms with Crippen LogP contribution in [-0.4, -0.2) is 47.5 Å². The van der Waals surface area contributed by atoms with E-state index < -0.39 is 0 Å². The highest BCUT2D eigenvalue weighted by Gasteiger charge is 2.18. The Kier molecular flexibility index (Phi) is 5.16. The van der Waals surface area contributed by atoms with Crippen molar-refractivity contribution in [2.24, 2.45) is 0 Å². The van der Waals surface area contributed by atoms with Crippen molar-refractivity contribution in [3.63, 3.8) is 0 Å². The van der Waals surface area contributed by atoms with E-state index in [1.54, 1.807) is 4.90 Å². The third-order valence-electron chi connectivity index (χ3n) is 4.43. The van der Waals surface area contributed by atoms with Crippen LogP contribution in [0.1, 0.15) is 31.0 Å². The zero-order valence-corrected chi connectivity index (χ0v) is 15.1. The normalized spacial score (nSPS) is 14.7. The van der Waals surface area contributed by atoms with Crippen LogP contribution in [0.4, 0.5) is 17.5 Å². The van der Waals surface area contributed by atoms with E-state index in [4.69, 9.17) is 4.98 Å². The maximum Gasteiger partial charge on any atom is 0.227 e. The molecule has 1 saturated heterocycles. The molecule has 1 aromatic heterocycles. The number of hydrogen-bond acceptors (Lipinski definition) is 5. The number of nitrogens with one attached hydrogen (secondary N) is 1. The number of amides is 1. The summed E-state index contributed by atoms with van der Waals surface area (Å²) in [6.45, 7) is 9.27. The standard InChI is InChI=1S/C19H25N5O/c1-14(2)16-6-4-5-7-17(16)21-18-12-15(3)20-19(22-18)24-10-8-23(13-25)9-11-24/h4-7,12-14H,8-11H2,1-3H3,(H,20,21,22). The van der Waals surface area contributed by atoms with Crippen molar-refractivity contribution in [1.29, 1.82) is 0 Å². The zero-order valence-electron chi connectivity index (χ0n) is 15.1. The molecule has 0 spiro atoms. The highest BCUT2D eigenvalue weighted by Crippen LogP contribution is 2.27. The van der Waals surface area contributed by atoms with Crippen LogP contribution in [0.25, 0.3) is 0 Å². The van der Waals surface area contributed by atoms with Crippen molar-refractivity contribution in [2.45, 2.75) is 26.7 Å². The smallest absolute Gasteiger partial charge is 0.227 e. The number of carbonyl (C=O) groups excluding carboxylic acids is 1. The summed E-state index contributed by atoms with van der Waals surface area (Å²) in [5.41, 5.74) is 3.26. The summed E-state index contributed by atoms with van der Waals surface area (Å²) in [4.78, 5) is 24.1. The first-order valence-corrected chi connectivity index (χ1v) is 8.72. The van der Waals surface area contributed by atoms with E-state index in [2.05, 4.69) is 47.2 Å². The third-order valence-corrected chi connectivity index (χ3v) is 4.43. The molecule has 1 fully saturated rings. The second-order valence-electron chi connectivity index (χ2n) is 6.69. The van der Waals surface area contributed by atoms with Crippen LogP contribution in [0, 0.1) is 6.92 Å². The molecule has 0 saturated carbocycles. The van der Waals surface area contributed by atoms with Crippen molar-refractivity contribution in [3.05, 3.63) is 41.6 Å². The average Bonchev–Trinajstić information content (AvgIpc) is 2.61. The van der Waals surface area contributed by atoms with E-state index in [-0.39, 0.29) is 0 Å². The number of carbonyl (C=O) groups is 1. The van der Waals surface area contributed by atoms with Gasteiger partial charge < -0.3 is 15.1 Å². The van der Waals surface area contributed by atoms with Gasteiger partial charge in [0.25, 0.3) is 0 Å². The molecule has 1 aromatic carbocycles. The van der Waals surface area contributed by atoms with Gasteiger partial charge in [0.1, 0.15) is 5.82 Å². The van der Waals surface area contributed by atoms with Gasteiger partial charge in [0, 0.05) is 43.6 Å². The fourth-order valence-corrected chi connectivity index (χ4v) is 3.04. The average molecular weight is 339 g/mol. The Morgan fingerprint density at radius 2 is 1.84 bits per heavy atom. The van der Waals surface area contributed by atoms with Gasteiger partial charge in [0.2, 0.25) is 12.4 Å². The van der Waals surface area contributed by atoms with E-state index in [1.807, 2.05) is 19.1 Å². The first-order chi connectivity index (χ1) is 12.1. The molecule has 0 radical (unpaired) electrons. The largest absolute Gasteiger partial charge is 0.342 e. The van der Waals surface area contributed by atoms with Crippen LogP contribution < -0.4 is 10.2 Å². The monoisotopic (exact) mass is 339 g/mol. The quantitative estimate of drug-likeness (QED) is 0.849. The second kappa shape index (κ2) is 7.51. The van der Waals surface area contributed by atoms with E-state index in [0.29, 0.717) is 19.0 Å². The fourth-order valence-electron chi connectivity index (χ4n) is 3.04. The Hall–Kier alpha value is -2.63. The van der Waals surface area contributed by atoms with Crippen LogP contribution in [0.2, 0.25) is 0 Å². The number of para-hydroxylation sites is 1. The molecule has 2 aromatic rings. The predicted octanol–water partition coefficient (Wildman–Crippen LogP) is 2.93. The summed E-state index contributed by atoms with van der Waals surface area (Å²) in [5.74, 6) is 1.95. The van der Waals surface area contributed by atoms with Crippen LogP contribution in [0.3, 0.4) is 0 Å². The Morgan fingerprint density at radius 1 is 1.12 bits per heavy atom. The summed E-state index contributed by atoms with van der Waals surface area (Å²) >= 11 is 0. The second-order valence-corrected chi connectivity index (χ2v) is 6.69. The molecule has 0 unspecified atom stereocenters. The lowest BCUT2D eigenvalue weighted by molar-refractivity contribution is -0.118. The lowest BCUT2D eigenvalue weighted by Crippen LogP contribution is -2.46. The molecule has 0 bridgehead atoms. The molecule has 0 aliphatic carbocycles. The van der Waals surface area contributed by atoms with Crippen LogP contribution in [0.15, 0.2) is 30.3 Å². The number of piperazine rings is 1. The Bertz CT molecular complexity index is 738. The van der Waals surface area contributed by atoms with Crippen molar-refractivity contribution in [2.75, 3.05) is 36.4 Å². The molecule has 2 heterocycles. The Labute approximate surface area is 148 Å². The first-order valence-electron chi connectivity index (χ1n) is 8.72. The number of rotatable bonds is 5. The SMILES string of the molecule is Cc1cc(Nc2ccccc2C(C)C)nc(N2CCN(C=O)CC2)n1. The van der Waals surface area contributed by atoms with Gasteiger partial charge >= 0.3 is 0 Å². The summed E-state index contributed by atoms with van der Waals surface area (Å²) in [5, 5.41) is 3.45. The predicted molar refractivity (Wildman–Crippen MR) is 100 cm³/mol. The van der Waals surface area contributed by atoms with Crippen molar-refractivity contribution < 1.29 is 4.79 Å². The van der Waals surface area contributed by atoms with E-state index >= 15 is 0 Å². The number of aryl methyl sites for hydroxylation is 1. The van der Waals surface area contributed by atoms with Crippen LogP contribution in [0.5, 0.6) is 0 Å². The van der Waals surface area contributed by atoms with Gasteiger partial charge in [-0.15, -0.1) is 0 Å². The van der Waals surface area contributed by atoms with Crippen LogP contribution >= 0.6 is 0 Å². The number of hydrogen-bond donors (Lipinski definition) is 1. The topological polar surface area (TPSA) is 61.4 Å². The number of anilines is 3. The highest BCUT2D eigenvalue weighted by atomic mass is 16.1. The summed E-state index contributed by atoms with van der Waals surface area (Å²) < 4.78 is 0. The number of benzene rings is 1. The van der Waals surface area contributed by atoms with E-state index in [9.17, 15) is 4.79 Å². The lowest BCUT2D eigenvalue weighted by atomic mass is 10.0. The maximum atomic E-state index is 10.9. The van der Waals surface area contributed by atoms with E-state index in [0.717, 1.165) is 42.6 Å². The molecule has 1 aliphatic rings.